The molecule has 0 radical (unpaired) electrons. The molecule has 1 aliphatic carbocycles. The topological polar surface area (TPSA) is 41.6 Å². The summed E-state index contributed by atoms with van der Waals surface area (Å²) in [6.45, 7) is 3.30. The Morgan fingerprint density at radius 3 is 2.65 bits per heavy atom. The summed E-state index contributed by atoms with van der Waals surface area (Å²) in [7, 11) is 1.83. The van der Waals surface area contributed by atoms with E-state index in [0.717, 1.165) is 50.5 Å². The average molecular weight is 377 g/mol. The number of amides is 1. The van der Waals surface area contributed by atoms with Gasteiger partial charge < -0.3 is 15.0 Å². The number of halogens is 1. The maximum absolute atomic E-state index is 13.5. The van der Waals surface area contributed by atoms with Gasteiger partial charge in [-0.15, -0.1) is 0 Å². The first kappa shape index (κ1) is 18.3. The van der Waals surface area contributed by atoms with Gasteiger partial charge in [-0.1, -0.05) is 30.2 Å². The van der Waals surface area contributed by atoms with Crippen molar-refractivity contribution in [2.75, 3.05) is 33.3 Å². The monoisotopic (exact) mass is 376 g/mol. The van der Waals surface area contributed by atoms with Crippen molar-refractivity contribution in [3.05, 3.63) is 34.9 Å². The van der Waals surface area contributed by atoms with Crippen LogP contribution in [0.15, 0.2) is 24.3 Å². The minimum Gasteiger partial charge on any atom is -0.381 e. The number of carbonyl (C=O) groups excluding carboxylic acids is 1. The Balaban J connectivity index is 1.50. The summed E-state index contributed by atoms with van der Waals surface area (Å²) in [5.74, 6) is 0.326. The molecule has 3 fully saturated rings. The summed E-state index contributed by atoms with van der Waals surface area (Å²) in [4.78, 5) is 15.7. The molecule has 4 nitrogen and oxygen atoms in total. The molecule has 26 heavy (non-hydrogen) atoms. The number of carbonyl (C=O) groups is 1. The number of rotatable bonds is 4. The molecule has 2 atom stereocenters. The standard InChI is InChI=1S/C21H29ClN2O2/c1-26-18-4-2-9-20(18)10-3-11-24(15-20)19(25)21(13-23-14-21)12-16-5-7-17(22)8-6-16/h5-8,18,23H,2-4,9-15H2,1H3/t18-,20-/m1/s1. The zero-order valence-electron chi connectivity index (χ0n) is 15.6. The highest BCUT2D eigenvalue weighted by Gasteiger charge is 2.51. The lowest BCUT2D eigenvalue weighted by molar-refractivity contribution is -0.151. The molecule has 1 saturated carbocycles. The molecular weight excluding hydrogens is 348 g/mol. The van der Waals surface area contributed by atoms with Crippen LogP contribution in [0.2, 0.25) is 5.02 Å². The van der Waals surface area contributed by atoms with E-state index in [2.05, 4.69) is 10.2 Å². The van der Waals surface area contributed by atoms with Crippen molar-refractivity contribution >= 4 is 17.5 Å². The van der Waals surface area contributed by atoms with Crippen LogP contribution in [0, 0.1) is 10.8 Å². The highest BCUT2D eigenvalue weighted by molar-refractivity contribution is 6.30. The predicted octanol–water partition coefficient (Wildman–Crippen LogP) is 3.28. The molecule has 5 heteroatoms. The molecule has 4 rings (SSSR count). The SMILES string of the molecule is CO[C@@H]1CCC[C@]12CCCN(C(=O)C1(Cc3ccc(Cl)cc3)CNC1)C2. The second kappa shape index (κ2) is 7.14. The van der Waals surface area contributed by atoms with Gasteiger partial charge in [-0.05, 0) is 49.8 Å². The lowest BCUT2D eigenvalue weighted by Crippen LogP contribution is -2.65. The third-order valence-corrected chi connectivity index (χ3v) is 7.09. The van der Waals surface area contributed by atoms with Gasteiger partial charge in [0.1, 0.15) is 0 Å². The molecule has 2 saturated heterocycles. The molecule has 2 aliphatic heterocycles. The Kier molecular flexibility index (Phi) is 5.02. The van der Waals surface area contributed by atoms with Crippen molar-refractivity contribution in [2.24, 2.45) is 10.8 Å². The van der Waals surface area contributed by atoms with Crippen LogP contribution in [0.25, 0.3) is 0 Å². The number of piperidine rings is 1. The van der Waals surface area contributed by atoms with Crippen LogP contribution in [0.3, 0.4) is 0 Å². The van der Waals surface area contributed by atoms with E-state index in [9.17, 15) is 4.79 Å². The van der Waals surface area contributed by atoms with Crippen LogP contribution in [0.1, 0.15) is 37.7 Å². The van der Waals surface area contributed by atoms with E-state index >= 15 is 0 Å². The third kappa shape index (κ3) is 3.17. The molecule has 0 aromatic heterocycles. The minimum atomic E-state index is -0.298. The molecule has 1 aromatic rings. The number of benzene rings is 1. The van der Waals surface area contributed by atoms with Crippen LogP contribution < -0.4 is 5.32 Å². The van der Waals surface area contributed by atoms with E-state index in [-0.39, 0.29) is 10.8 Å². The number of hydrogen-bond donors (Lipinski definition) is 1. The first-order valence-corrected chi connectivity index (χ1v) is 10.2. The number of likely N-dealkylation sites (tertiary alicyclic amines) is 1. The molecule has 0 unspecified atom stereocenters. The van der Waals surface area contributed by atoms with Crippen molar-refractivity contribution in [2.45, 2.75) is 44.6 Å². The Morgan fingerprint density at radius 1 is 1.27 bits per heavy atom. The van der Waals surface area contributed by atoms with Gasteiger partial charge in [-0.3, -0.25) is 4.79 Å². The van der Waals surface area contributed by atoms with Crippen LogP contribution in [-0.4, -0.2) is 50.2 Å². The number of nitrogens with zero attached hydrogens (tertiary/aromatic N) is 1. The second-order valence-corrected chi connectivity index (χ2v) is 8.93. The van der Waals surface area contributed by atoms with E-state index in [0.29, 0.717) is 12.0 Å². The normalized spacial score (nSPS) is 30.4. The van der Waals surface area contributed by atoms with Crippen molar-refractivity contribution in [3.63, 3.8) is 0 Å². The van der Waals surface area contributed by atoms with Gasteiger partial charge >= 0.3 is 0 Å². The Morgan fingerprint density at radius 2 is 2.00 bits per heavy atom. The largest absolute Gasteiger partial charge is 0.381 e. The Bertz CT molecular complexity index is 658. The van der Waals surface area contributed by atoms with E-state index in [1.807, 2.05) is 31.4 Å². The van der Waals surface area contributed by atoms with Gasteiger partial charge in [-0.25, -0.2) is 0 Å². The van der Waals surface area contributed by atoms with Gasteiger partial charge in [0, 0.05) is 43.7 Å². The van der Waals surface area contributed by atoms with Crippen LogP contribution in [0.4, 0.5) is 0 Å². The summed E-state index contributed by atoms with van der Waals surface area (Å²) in [5, 5.41) is 4.08. The molecule has 1 spiro atoms. The van der Waals surface area contributed by atoms with Crippen molar-refractivity contribution in [3.8, 4) is 0 Å². The highest BCUT2D eigenvalue weighted by atomic mass is 35.5. The first-order valence-electron chi connectivity index (χ1n) is 9.84. The molecule has 2 heterocycles. The fourth-order valence-corrected chi connectivity index (χ4v) is 5.51. The van der Waals surface area contributed by atoms with E-state index in [1.54, 1.807) is 0 Å². The second-order valence-electron chi connectivity index (χ2n) is 8.50. The van der Waals surface area contributed by atoms with Gasteiger partial charge in [-0.2, -0.15) is 0 Å². The number of hydrogen-bond acceptors (Lipinski definition) is 3. The summed E-state index contributed by atoms with van der Waals surface area (Å²) < 4.78 is 5.80. The number of ether oxygens (including phenoxy) is 1. The van der Waals surface area contributed by atoms with Gasteiger partial charge in [0.15, 0.2) is 0 Å². The zero-order chi connectivity index (χ0) is 18.2. The van der Waals surface area contributed by atoms with Gasteiger partial charge in [0.25, 0.3) is 0 Å². The quantitative estimate of drug-likeness (QED) is 0.876. The maximum Gasteiger partial charge on any atom is 0.231 e. The molecule has 0 bridgehead atoms. The lowest BCUT2D eigenvalue weighted by Gasteiger charge is -2.49. The van der Waals surface area contributed by atoms with Gasteiger partial charge in [0.05, 0.1) is 11.5 Å². The number of nitrogens with one attached hydrogen (secondary N) is 1. The fourth-order valence-electron chi connectivity index (χ4n) is 5.38. The number of methoxy groups -OCH3 is 1. The van der Waals surface area contributed by atoms with Crippen LogP contribution in [-0.2, 0) is 16.0 Å². The summed E-state index contributed by atoms with van der Waals surface area (Å²) >= 11 is 6.01. The zero-order valence-corrected chi connectivity index (χ0v) is 16.4. The Labute approximate surface area is 161 Å². The minimum absolute atomic E-state index is 0.182. The fraction of sp³-hybridized carbons (Fsp3) is 0.667. The molecule has 1 N–H and O–H groups in total. The van der Waals surface area contributed by atoms with Crippen molar-refractivity contribution < 1.29 is 9.53 Å². The van der Waals surface area contributed by atoms with Crippen molar-refractivity contribution in [1.82, 2.24) is 10.2 Å². The molecule has 3 aliphatic rings. The average Bonchev–Trinajstić information content (AvgIpc) is 3.01. The summed E-state index contributed by atoms with van der Waals surface area (Å²) in [5.41, 5.74) is 1.07. The maximum atomic E-state index is 13.5. The summed E-state index contributed by atoms with van der Waals surface area (Å²) in [6, 6.07) is 7.92. The van der Waals surface area contributed by atoms with E-state index in [1.165, 1.54) is 24.8 Å². The molecule has 142 valence electrons. The molecule has 1 amide bonds. The lowest BCUT2D eigenvalue weighted by atomic mass is 9.72. The first-order chi connectivity index (χ1) is 12.6. The third-order valence-electron chi connectivity index (χ3n) is 6.84. The molecule has 1 aromatic carbocycles. The van der Waals surface area contributed by atoms with Gasteiger partial charge in [0.2, 0.25) is 5.91 Å². The van der Waals surface area contributed by atoms with Crippen molar-refractivity contribution in [1.29, 1.82) is 0 Å². The van der Waals surface area contributed by atoms with E-state index in [4.69, 9.17) is 16.3 Å². The predicted molar refractivity (Wildman–Crippen MR) is 103 cm³/mol. The Hall–Kier alpha value is -1.10. The van der Waals surface area contributed by atoms with Crippen LogP contribution in [0.5, 0.6) is 0 Å². The van der Waals surface area contributed by atoms with E-state index < -0.39 is 0 Å². The summed E-state index contributed by atoms with van der Waals surface area (Å²) in [6.07, 6.45) is 6.93. The molecular formula is C21H29ClN2O2. The van der Waals surface area contributed by atoms with Crippen LogP contribution >= 0.6 is 11.6 Å². The smallest absolute Gasteiger partial charge is 0.231 e. The highest BCUT2D eigenvalue weighted by Crippen LogP contribution is 2.47.